The molecule has 0 N–H and O–H groups in total. The van der Waals surface area contributed by atoms with Crippen molar-refractivity contribution < 1.29 is 22.3 Å². The second kappa shape index (κ2) is 11.2. The van der Waals surface area contributed by atoms with Gasteiger partial charge in [0.15, 0.2) is 0 Å². The van der Waals surface area contributed by atoms with Gasteiger partial charge in [0.25, 0.3) is 0 Å². The van der Waals surface area contributed by atoms with Crippen LogP contribution < -0.4 is 4.74 Å². The fourth-order valence-corrected chi connectivity index (χ4v) is 5.22. The van der Waals surface area contributed by atoms with Crippen molar-refractivity contribution in [2.45, 2.75) is 82.9 Å². The molecule has 2 aliphatic rings. The number of ether oxygens (including phenoxy) is 1. The molecule has 0 atom stereocenters. The van der Waals surface area contributed by atoms with Crippen LogP contribution in [0.1, 0.15) is 82.1 Å². The lowest BCUT2D eigenvalue weighted by atomic mass is 9.74. The van der Waals surface area contributed by atoms with Gasteiger partial charge in [0.05, 0.1) is 6.67 Å². The van der Waals surface area contributed by atoms with Gasteiger partial charge < -0.3 is 4.74 Å². The van der Waals surface area contributed by atoms with Crippen LogP contribution in [0.2, 0.25) is 0 Å². The molecule has 1 aromatic rings. The molecular weight excluding hydrogens is 392 g/mol. The first-order chi connectivity index (χ1) is 14.4. The van der Waals surface area contributed by atoms with Gasteiger partial charge in [0.2, 0.25) is 0 Å². The average molecular weight is 427 g/mol. The van der Waals surface area contributed by atoms with E-state index in [0.717, 1.165) is 30.2 Å². The van der Waals surface area contributed by atoms with Crippen LogP contribution in [0.4, 0.5) is 17.6 Å². The van der Waals surface area contributed by atoms with Gasteiger partial charge in [0.1, 0.15) is 5.75 Å². The minimum atomic E-state index is -4.63. The van der Waals surface area contributed by atoms with Crippen molar-refractivity contribution in [1.29, 1.82) is 0 Å². The lowest BCUT2D eigenvalue weighted by Crippen LogP contribution is -2.18. The molecular formula is C25H34F4O. The first kappa shape index (κ1) is 23.1. The Morgan fingerprint density at radius 2 is 1.40 bits per heavy atom. The van der Waals surface area contributed by atoms with Crippen LogP contribution in [0.25, 0.3) is 0 Å². The summed E-state index contributed by atoms with van der Waals surface area (Å²) in [6.07, 6.45) is 12.5. The molecule has 0 heterocycles. The Morgan fingerprint density at radius 1 is 0.833 bits per heavy atom. The molecule has 0 bridgehead atoms. The molecule has 0 aromatic heterocycles. The van der Waals surface area contributed by atoms with E-state index in [1.165, 1.54) is 63.5 Å². The summed E-state index contributed by atoms with van der Waals surface area (Å²) >= 11 is 0. The molecule has 30 heavy (non-hydrogen) atoms. The molecule has 0 radical (unpaired) electrons. The third-order valence-electron chi connectivity index (χ3n) is 6.99. The summed E-state index contributed by atoms with van der Waals surface area (Å²) in [5.41, 5.74) is 1.13. The summed E-state index contributed by atoms with van der Waals surface area (Å²) in [6, 6.07) is 6.43. The number of hydrogen-bond donors (Lipinski definition) is 0. The zero-order valence-corrected chi connectivity index (χ0v) is 17.7. The molecule has 5 heteroatoms. The minimum Gasteiger partial charge on any atom is -0.406 e. The zero-order valence-electron chi connectivity index (χ0n) is 17.7. The van der Waals surface area contributed by atoms with Crippen LogP contribution in [0.5, 0.6) is 5.75 Å². The summed E-state index contributed by atoms with van der Waals surface area (Å²) in [5, 5.41) is 0. The highest BCUT2D eigenvalue weighted by Crippen LogP contribution is 2.40. The lowest BCUT2D eigenvalue weighted by molar-refractivity contribution is -0.274. The summed E-state index contributed by atoms with van der Waals surface area (Å²) < 4.78 is 53.0. The summed E-state index contributed by atoms with van der Waals surface area (Å²) in [5.74, 6) is 2.59. The van der Waals surface area contributed by atoms with E-state index in [4.69, 9.17) is 0 Å². The Bertz CT molecular complexity index is 636. The summed E-state index contributed by atoms with van der Waals surface area (Å²) in [7, 11) is 0. The van der Waals surface area contributed by atoms with E-state index in [1.54, 1.807) is 12.1 Å². The Balaban J connectivity index is 1.34. The van der Waals surface area contributed by atoms with Gasteiger partial charge >= 0.3 is 6.36 Å². The molecule has 0 amide bonds. The molecule has 168 valence electrons. The Hall–Kier alpha value is -1.52. The zero-order chi connectivity index (χ0) is 21.4. The van der Waals surface area contributed by atoms with E-state index in [2.05, 4.69) is 10.8 Å². The van der Waals surface area contributed by atoms with Gasteiger partial charge in [-0.25, -0.2) is 0 Å². The van der Waals surface area contributed by atoms with Crippen LogP contribution in [0.3, 0.4) is 0 Å². The Kier molecular flexibility index (Phi) is 8.64. The van der Waals surface area contributed by atoms with Gasteiger partial charge in [-0.05, 0) is 99.2 Å². The Labute approximate surface area is 177 Å². The Morgan fingerprint density at radius 3 is 1.93 bits per heavy atom. The first-order valence-corrected chi connectivity index (χ1v) is 11.5. The molecule has 3 rings (SSSR count). The molecule has 0 unspecified atom stereocenters. The summed E-state index contributed by atoms with van der Waals surface area (Å²) in [6.45, 7) is -0.258. The molecule has 2 aliphatic carbocycles. The molecule has 0 aliphatic heterocycles. The highest BCUT2D eigenvalue weighted by Gasteiger charge is 2.31. The number of benzene rings is 1. The average Bonchev–Trinajstić information content (AvgIpc) is 2.73. The SMILES string of the molecule is FCC/C=C/C1CCC(CCC2CCC(c3ccc(OC(F)(F)F)cc3)CC2)CC1. The molecule has 2 saturated carbocycles. The van der Waals surface area contributed by atoms with Crippen molar-refractivity contribution >= 4 is 0 Å². The topological polar surface area (TPSA) is 9.23 Å². The van der Waals surface area contributed by atoms with Gasteiger partial charge in [-0.3, -0.25) is 4.39 Å². The third kappa shape index (κ3) is 7.63. The van der Waals surface area contributed by atoms with Gasteiger partial charge in [-0.1, -0.05) is 37.1 Å². The quantitative estimate of drug-likeness (QED) is 0.300. The van der Waals surface area contributed by atoms with Gasteiger partial charge in [0, 0.05) is 0 Å². The number of hydrogen-bond acceptors (Lipinski definition) is 1. The van der Waals surface area contributed by atoms with Gasteiger partial charge in [-0.15, -0.1) is 13.2 Å². The van der Waals surface area contributed by atoms with E-state index in [0.29, 0.717) is 18.3 Å². The predicted molar refractivity (Wildman–Crippen MR) is 112 cm³/mol. The van der Waals surface area contributed by atoms with E-state index in [1.807, 2.05) is 6.08 Å². The van der Waals surface area contributed by atoms with Crippen molar-refractivity contribution in [3.05, 3.63) is 42.0 Å². The second-order valence-electron chi connectivity index (χ2n) is 9.10. The smallest absolute Gasteiger partial charge is 0.406 e. The van der Waals surface area contributed by atoms with Crippen molar-refractivity contribution in [2.75, 3.05) is 6.67 Å². The van der Waals surface area contributed by atoms with E-state index in [9.17, 15) is 17.6 Å². The molecule has 1 aromatic carbocycles. The maximum absolute atomic E-state index is 12.3. The molecule has 0 spiro atoms. The van der Waals surface area contributed by atoms with Crippen LogP contribution in [-0.2, 0) is 0 Å². The fourth-order valence-electron chi connectivity index (χ4n) is 5.22. The van der Waals surface area contributed by atoms with Crippen LogP contribution >= 0.6 is 0 Å². The normalized spacial score (nSPS) is 28.0. The van der Waals surface area contributed by atoms with Crippen molar-refractivity contribution in [1.82, 2.24) is 0 Å². The predicted octanol–water partition coefficient (Wildman–Crippen LogP) is 8.36. The summed E-state index contributed by atoms with van der Waals surface area (Å²) in [4.78, 5) is 0. The van der Waals surface area contributed by atoms with Gasteiger partial charge in [-0.2, -0.15) is 0 Å². The van der Waals surface area contributed by atoms with Crippen LogP contribution in [-0.4, -0.2) is 13.0 Å². The highest BCUT2D eigenvalue weighted by molar-refractivity contribution is 5.29. The molecule has 0 saturated heterocycles. The molecule has 1 nitrogen and oxygen atoms in total. The fraction of sp³-hybridized carbons (Fsp3) is 0.680. The van der Waals surface area contributed by atoms with E-state index < -0.39 is 6.36 Å². The van der Waals surface area contributed by atoms with Crippen LogP contribution in [0, 0.1) is 17.8 Å². The molecule has 2 fully saturated rings. The van der Waals surface area contributed by atoms with Crippen molar-refractivity contribution in [2.24, 2.45) is 17.8 Å². The number of alkyl halides is 4. The van der Waals surface area contributed by atoms with E-state index in [-0.39, 0.29) is 12.4 Å². The standard InChI is InChI=1S/C25H34F4O/c26-18-2-1-3-19-4-6-20(7-5-19)8-9-21-10-12-22(13-11-21)23-14-16-24(17-15-23)30-25(27,28)29/h1,3,14-17,19-22H,2,4-13,18H2/b3-1+. The van der Waals surface area contributed by atoms with E-state index >= 15 is 0 Å². The largest absolute Gasteiger partial charge is 0.573 e. The maximum Gasteiger partial charge on any atom is 0.573 e. The van der Waals surface area contributed by atoms with Crippen molar-refractivity contribution in [3.63, 3.8) is 0 Å². The highest BCUT2D eigenvalue weighted by atomic mass is 19.4. The first-order valence-electron chi connectivity index (χ1n) is 11.5. The number of rotatable bonds is 8. The number of allylic oxidation sites excluding steroid dienone is 2. The minimum absolute atomic E-state index is 0.146. The van der Waals surface area contributed by atoms with Crippen molar-refractivity contribution in [3.8, 4) is 5.75 Å². The number of halogens is 4. The van der Waals surface area contributed by atoms with Crippen LogP contribution in [0.15, 0.2) is 36.4 Å². The third-order valence-corrected chi connectivity index (χ3v) is 6.99. The lowest BCUT2D eigenvalue weighted by Gasteiger charge is -2.31. The second-order valence-corrected chi connectivity index (χ2v) is 9.10. The monoisotopic (exact) mass is 426 g/mol. The maximum atomic E-state index is 12.3.